The van der Waals surface area contributed by atoms with Crippen molar-refractivity contribution < 1.29 is 14.0 Å². The first-order valence-electron chi connectivity index (χ1n) is 10.9. The van der Waals surface area contributed by atoms with Gasteiger partial charge in [-0.15, -0.1) is 0 Å². The van der Waals surface area contributed by atoms with E-state index in [9.17, 15) is 4.79 Å². The largest absolute Gasteiger partial charge is 0.407 e. The van der Waals surface area contributed by atoms with Gasteiger partial charge in [0, 0.05) is 18.9 Å². The van der Waals surface area contributed by atoms with E-state index >= 15 is 0 Å². The summed E-state index contributed by atoms with van der Waals surface area (Å²) in [5, 5.41) is 2.60. The van der Waals surface area contributed by atoms with Crippen molar-refractivity contribution in [3.05, 3.63) is 72.8 Å². The van der Waals surface area contributed by atoms with Crippen LogP contribution < -0.4 is 10.4 Å². The highest BCUT2D eigenvalue weighted by atomic mass is 28.4. The van der Waals surface area contributed by atoms with Crippen LogP contribution in [0.25, 0.3) is 0 Å². The van der Waals surface area contributed by atoms with Crippen molar-refractivity contribution in [2.75, 3.05) is 13.2 Å². The van der Waals surface area contributed by atoms with E-state index in [2.05, 4.69) is 87.5 Å². The maximum Gasteiger partial charge on any atom is 0.261 e. The highest BCUT2D eigenvalue weighted by Gasteiger charge is 2.50. The molecule has 3 nitrogen and oxygen atoms in total. The Labute approximate surface area is 182 Å². The van der Waals surface area contributed by atoms with Crippen molar-refractivity contribution in [1.82, 2.24) is 0 Å². The van der Waals surface area contributed by atoms with E-state index in [1.54, 1.807) is 6.92 Å². The maximum absolute atomic E-state index is 11.3. The summed E-state index contributed by atoms with van der Waals surface area (Å²) >= 11 is 0. The molecule has 2 atom stereocenters. The maximum atomic E-state index is 11.3. The normalized spacial score (nSPS) is 19.6. The lowest BCUT2D eigenvalue weighted by atomic mass is 10.0. The van der Waals surface area contributed by atoms with Gasteiger partial charge in [-0.05, 0) is 28.8 Å². The first kappa shape index (κ1) is 22.7. The van der Waals surface area contributed by atoms with Crippen LogP contribution in [0.5, 0.6) is 0 Å². The summed E-state index contributed by atoms with van der Waals surface area (Å²) in [4.78, 5) is 11.3. The van der Waals surface area contributed by atoms with Crippen LogP contribution in [0.3, 0.4) is 0 Å². The molecule has 0 unspecified atom stereocenters. The van der Waals surface area contributed by atoms with Crippen LogP contribution in [0.2, 0.25) is 5.04 Å². The van der Waals surface area contributed by atoms with Gasteiger partial charge in [-0.3, -0.25) is 4.79 Å². The topological polar surface area (TPSA) is 35.5 Å². The average molecular weight is 423 g/mol. The Hall–Kier alpha value is -2.01. The molecule has 0 bridgehead atoms. The Morgan fingerprint density at radius 2 is 1.57 bits per heavy atom. The summed E-state index contributed by atoms with van der Waals surface area (Å²) < 4.78 is 12.8. The van der Waals surface area contributed by atoms with Crippen molar-refractivity contribution in [2.45, 2.75) is 51.7 Å². The van der Waals surface area contributed by atoms with Crippen LogP contribution in [0, 0.1) is 5.92 Å². The van der Waals surface area contributed by atoms with Crippen molar-refractivity contribution >= 4 is 24.5 Å². The molecule has 2 aromatic carbocycles. The third-order valence-electron chi connectivity index (χ3n) is 5.83. The fourth-order valence-corrected chi connectivity index (χ4v) is 8.93. The van der Waals surface area contributed by atoms with Crippen LogP contribution in [0.15, 0.2) is 72.8 Å². The molecule has 2 aromatic rings. The van der Waals surface area contributed by atoms with E-state index < -0.39 is 8.32 Å². The molecule has 1 aliphatic heterocycles. The molecule has 0 aliphatic carbocycles. The van der Waals surface area contributed by atoms with E-state index in [4.69, 9.17) is 9.16 Å². The lowest BCUT2D eigenvalue weighted by Gasteiger charge is -2.43. The zero-order valence-electron chi connectivity index (χ0n) is 18.6. The predicted molar refractivity (Wildman–Crippen MR) is 126 cm³/mol. The lowest BCUT2D eigenvalue weighted by molar-refractivity contribution is -0.119. The Morgan fingerprint density at radius 1 is 1.00 bits per heavy atom. The number of ether oxygens (including phenoxy) is 1. The van der Waals surface area contributed by atoms with Gasteiger partial charge >= 0.3 is 0 Å². The summed E-state index contributed by atoms with van der Waals surface area (Å²) in [5.41, 5.74) is 0. The van der Waals surface area contributed by atoms with Gasteiger partial charge in [0.15, 0.2) is 0 Å². The summed E-state index contributed by atoms with van der Waals surface area (Å²) in [7, 11) is -2.48. The fraction of sp³-hybridized carbons (Fsp3) is 0.423. The monoisotopic (exact) mass is 422 g/mol. The van der Waals surface area contributed by atoms with Crippen LogP contribution in [0.1, 0.15) is 40.5 Å². The van der Waals surface area contributed by atoms with E-state index in [1.165, 1.54) is 10.4 Å². The highest BCUT2D eigenvalue weighted by molar-refractivity contribution is 6.99. The number of ketones is 1. The van der Waals surface area contributed by atoms with E-state index in [0.29, 0.717) is 25.6 Å². The third kappa shape index (κ3) is 5.18. The predicted octanol–water partition coefficient (Wildman–Crippen LogP) is 4.50. The molecule has 0 radical (unpaired) electrons. The first-order chi connectivity index (χ1) is 14.3. The molecule has 0 spiro atoms. The molecule has 0 saturated heterocycles. The van der Waals surface area contributed by atoms with Gasteiger partial charge in [-0.25, -0.2) is 0 Å². The molecule has 30 heavy (non-hydrogen) atoms. The van der Waals surface area contributed by atoms with Gasteiger partial charge < -0.3 is 9.16 Å². The Bertz CT molecular complexity index is 800. The summed E-state index contributed by atoms with van der Waals surface area (Å²) in [6.45, 7) is 9.85. The van der Waals surface area contributed by atoms with Crippen molar-refractivity contribution in [3.8, 4) is 0 Å². The zero-order valence-corrected chi connectivity index (χ0v) is 19.6. The summed E-state index contributed by atoms with van der Waals surface area (Å²) in [6, 6.07) is 21.5. The van der Waals surface area contributed by atoms with Gasteiger partial charge in [0.05, 0.1) is 12.7 Å². The van der Waals surface area contributed by atoms with Crippen LogP contribution >= 0.6 is 0 Å². The molecule has 0 amide bonds. The second-order valence-electron chi connectivity index (χ2n) is 9.22. The van der Waals surface area contributed by atoms with Crippen LogP contribution in [0.4, 0.5) is 0 Å². The van der Waals surface area contributed by atoms with Crippen molar-refractivity contribution in [2.24, 2.45) is 5.92 Å². The Kier molecular flexibility index (Phi) is 7.45. The zero-order chi connectivity index (χ0) is 21.6. The molecular formula is C26H34O3Si. The number of carbonyl (C=O) groups excluding carboxylic acids is 1. The van der Waals surface area contributed by atoms with Gasteiger partial charge in [-0.2, -0.15) is 0 Å². The molecular weight excluding hydrogens is 388 g/mol. The van der Waals surface area contributed by atoms with E-state index in [0.717, 1.165) is 6.42 Å². The highest BCUT2D eigenvalue weighted by Crippen LogP contribution is 2.37. The second-order valence-corrected chi connectivity index (χ2v) is 13.5. The molecule has 3 rings (SSSR count). The first-order valence-corrected chi connectivity index (χ1v) is 12.8. The van der Waals surface area contributed by atoms with Gasteiger partial charge in [0.1, 0.15) is 5.78 Å². The van der Waals surface area contributed by atoms with Crippen molar-refractivity contribution in [3.63, 3.8) is 0 Å². The molecule has 0 saturated carbocycles. The number of carbonyl (C=O) groups is 1. The number of rotatable bonds is 8. The number of Topliss-reactive ketones (excluding diaryl/α,β-unsaturated/α-hetero) is 1. The lowest BCUT2D eigenvalue weighted by Crippen LogP contribution is -2.66. The van der Waals surface area contributed by atoms with Gasteiger partial charge in [-0.1, -0.05) is 93.6 Å². The summed E-state index contributed by atoms with van der Waals surface area (Å²) in [5.74, 6) is 0.490. The molecule has 1 aliphatic rings. The van der Waals surface area contributed by atoms with Crippen molar-refractivity contribution in [1.29, 1.82) is 0 Å². The SMILES string of the molecule is CC(=O)C[C@H]1C=C[C@@H](CCO[Si](c2ccccc2)(c2ccccc2)C(C)(C)C)CO1. The Morgan fingerprint density at radius 3 is 2.00 bits per heavy atom. The minimum absolute atomic E-state index is 0.0127. The second kappa shape index (κ2) is 9.86. The molecule has 4 heteroatoms. The van der Waals surface area contributed by atoms with Crippen LogP contribution in [-0.2, 0) is 14.0 Å². The molecule has 160 valence electrons. The standard InChI is InChI=1S/C26H34O3Si/c1-21(27)19-23-16-15-22(20-28-23)17-18-29-30(26(2,3)4,24-11-7-5-8-12-24)25-13-9-6-10-14-25/h5-16,22-23H,17-20H2,1-4H3/t22-,23+/m0/s1. The quantitative estimate of drug-likeness (QED) is 0.464. The minimum Gasteiger partial charge on any atom is -0.407 e. The summed E-state index contributed by atoms with van der Waals surface area (Å²) in [6.07, 6.45) is 5.54. The Balaban J connectivity index is 1.80. The molecule has 1 heterocycles. The third-order valence-corrected chi connectivity index (χ3v) is 10.9. The molecule has 0 fully saturated rings. The number of benzene rings is 2. The van der Waals surface area contributed by atoms with E-state index in [1.807, 2.05) is 6.08 Å². The molecule has 0 N–H and O–H groups in total. The minimum atomic E-state index is -2.48. The van der Waals surface area contributed by atoms with Gasteiger partial charge in [0.2, 0.25) is 0 Å². The molecule has 0 aromatic heterocycles. The van der Waals surface area contributed by atoms with Gasteiger partial charge in [0.25, 0.3) is 8.32 Å². The number of hydrogen-bond donors (Lipinski definition) is 0. The fourth-order valence-electron chi connectivity index (χ4n) is 4.35. The van der Waals surface area contributed by atoms with Crippen LogP contribution in [-0.4, -0.2) is 33.4 Å². The number of hydrogen-bond acceptors (Lipinski definition) is 3. The van der Waals surface area contributed by atoms with E-state index in [-0.39, 0.29) is 16.9 Å². The average Bonchev–Trinajstić information content (AvgIpc) is 2.72. The smallest absolute Gasteiger partial charge is 0.261 e.